The first-order chi connectivity index (χ1) is 7.40. The van der Waals surface area contributed by atoms with Crippen molar-refractivity contribution in [2.24, 2.45) is 0 Å². The molecule has 1 heterocycles. The molecule has 0 bridgehead atoms. The number of nitrogens with zero attached hydrogens (tertiary/aromatic N) is 1. The highest BCUT2D eigenvalue weighted by Crippen LogP contribution is 2.13. The van der Waals surface area contributed by atoms with Gasteiger partial charge in [0.1, 0.15) is 0 Å². The van der Waals surface area contributed by atoms with Crippen molar-refractivity contribution >= 4 is 23.4 Å². The van der Waals surface area contributed by atoms with E-state index >= 15 is 0 Å². The van der Waals surface area contributed by atoms with E-state index in [4.69, 9.17) is 0 Å². The second kappa shape index (κ2) is 4.37. The SMILES string of the molecule is O=CNC=Cc1cnc2ccccc2c1. The summed E-state index contributed by atoms with van der Waals surface area (Å²) in [5.74, 6) is 0. The van der Waals surface area contributed by atoms with Gasteiger partial charge in [-0.2, -0.15) is 0 Å². The van der Waals surface area contributed by atoms with Gasteiger partial charge in [-0.3, -0.25) is 9.78 Å². The van der Waals surface area contributed by atoms with Gasteiger partial charge >= 0.3 is 0 Å². The largest absolute Gasteiger partial charge is 0.335 e. The lowest BCUT2D eigenvalue weighted by molar-refractivity contribution is -0.108. The Kier molecular flexibility index (Phi) is 2.74. The highest BCUT2D eigenvalue weighted by molar-refractivity contribution is 5.80. The zero-order valence-electron chi connectivity index (χ0n) is 8.05. The van der Waals surface area contributed by atoms with E-state index < -0.39 is 0 Å². The molecule has 0 spiro atoms. The second-order valence-electron chi connectivity index (χ2n) is 3.08. The van der Waals surface area contributed by atoms with Crippen molar-refractivity contribution in [2.45, 2.75) is 0 Å². The Morgan fingerprint density at radius 3 is 3.00 bits per heavy atom. The number of amides is 1. The zero-order chi connectivity index (χ0) is 10.5. The van der Waals surface area contributed by atoms with Crippen LogP contribution in [0.4, 0.5) is 0 Å². The van der Waals surface area contributed by atoms with Gasteiger partial charge in [-0.15, -0.1) is 0 Å². The Morgan fingerprint density at radius 2 is 2.13 bits per heavy atom. The summed E-state index contributed by atoms with van der Waals surface area (Å²) in [5, 5.41) is 3.54. The third kappa shape index (κ3) is 2.20. The van der Waals surface area contributed by atoms with Gasteiger partial charge in [0.05, 0.1) is 5.52 Å². The van der Waals surface area contributed by atoms with Crippen molar-refractivity contribution in [2.75, 3.05) is 0 Å². The molecule has 1 aromatic heterocycles. The lowest BCUT2D eigenvalue weighted by Gasteiger charge is -1.97. The quantitative estimate of drug-likeness (QED) is 0.766. The van der Waals surface area contributed by atoms with Crippen LogP contribution < -0.4 is 5.32 Å². The molecule has 3 nitrogen and oxygen atoms in total. The molecular formula is C12H10N2O. The maximum Gasteiger partial charge on any atom is 0.211 e. The zero-order valence-corrected chi connectivity index (χ0v) is 8.05. The Balaban J connectivity index is 2.34. The Bertz CT molecular complexity index is 506. The van der Waals surface area contributed by atoms with Crippen LogP contribution in [-0.2, 0) is 4.79 Å². The van der Waals surface area contributed by atoms with E-state index in [0.717, 1.165) is 16.5 Å². The predicted octanol–water partition coefficient (Wildman–Crippen LogP) is 1.95. The number of benzene rings is 1. The minimum Gasteiger partial charge on any atom is -0.335 e. The van der Waals surface area contributed by atoms with Crippen LogP contribution in [0, 0.1) is 0 Å². The van der Waals surface area contributed by atoms with Gasteiger partial charge in [0.25, 0.3) is 0 Å². The summed E-state index contributed by atoms with van der Waals surface area (Å²) < 4.78 is 0. The van der Waals surface area contributed by atoms with Crippen molar-refractivity contribution in [3.8, 4) is 0 Å². The highest BCUT2D eigenvalue weighted by atomic mass is 16.1. The molecule has 0 radical (unpaired) electrons. The number of rotatable bonds is 3. The summed E-state index contributed by atoms with van der Waals surface area (Å²) in [5.41, 5.74) is 1.93. The van der Waals surface area contributed by atoms with Crippen LogP contribution in [0.15, 0.2) is 42.7 Å². The molecule has 3 heteroatoms. The van der Waals surface area contributed by atoms with Gasteiger partial charge < -0.3 is 5.32 Å². The molecule has 0 aliphatic carbocycles. The molecule has 2 rings (SSSR count). The lowest BCUT2D eigenvalue weighted by atomic mass is 10.1. The first kappa shape index (κ1) is 9.40. The highest BCUT2D eigenvalue weighted by Gasteiger charge is 1.93. The van der Waals surface area contributed by atoms with E-state index in [2.05, 4.69) is 10.3 Å². The van der Waals surface area contributed by atoms with E-state index in [-0.39, 0.29) is 0 Å². The molecule has 74 valence electrons. The number of para-hydroxylation sites is 1. The average molecular weight is 198 g/mol. The number of hydrogen-bond acceptors (Lipinski definition) is 2. The molecule has 15 heavy (non-hydrogen) atoms. The van der Waals surface area contributed by atoms with E-state index in [1.165, 1.54) is 0 Å². The molecular weight excluding hydrogens is 188 g/mol. The fourth-order valence-corrected chi connectivity index (χ4v) is 1.36. The summed E-state index contributed by atoms with van der Waals surface area (Å²) in [7, 11) is 0. The molecule has 0 aliphatic heterocycles. The molecule has 0 fully saturated rings. The van der Waals surface area contributed by atoms with Crippen molar-refractivity contribution in [1.29, 1.82) is 0 Å². The molecule has 1 N–H and O–H groups in total. The number of carbonyl (C=O) groups excluding carboxylic acids is 1. The van der Waals surface area contributed by atoms with E-state index in [1.54, 1.807) is 18.5 Å². The Hall–Kier alpha value is -2.16. The molecule has 2 aromatic rings. The number of pyridine rings is 1. The third-order valence-corrected chi connectivity index (χ3v) is 2.05. The van der Waals surface area contributed by atoms with E-state index in [0.29, 0.717) is 6.41 Å². The van der Waals surface area contributed by atoms with Gasteiger partial charge in [-0.25, -0.2) is 0 Å². The van der Waals surface area contributed by atoms with Crippen LogP contribution in [0.3, 0.4) is 0 Å². The average Bonchev–Trinajstić information content (AvgIpc) is 2.29. The standard InChI is InChI=1S/C12H10N2O/c15-9-13-6-5-10-7-11-3-1-2-4-12(11)14-8-10/h1-9H,(H,13,15). The van der Waals surface area contributed by atoms with Crippen LogP contribution in [0.5, 0.6) is 0 Å². The van der Waals surface area contributed by atoms with Crippen molar-refractivity contribution in [1.82, 2.24) is 10.3 Å². The molecule has 0 aliphatic rings. The molecule has 0 unspecified atom stereocenters. The number of carbonyl (C=O) groups is 1. The van der Waals surface area contributed by atoms with Gasteiger partial charge in [0.15, 0.2) is 0 Å². The maximum absolute atomic E-state index is 10.0. The Labute approximate surface area is 87.4 Å². The van der Waals surface area contributed by atoms with Crippen LogP contribution in [0.25, 0.3) is 17.0 Å². The molecule has 0 saturated heterocycles. The number of nitrogens with one attached hydrogen (secondary N) is 1. The lowest BCUT2D eigenvalue weighted by Crippen LogP contribution is -1.97. The number of hydrogen-bond donors (Lipinski definition) is 1. The summed E-state index contributed by atoms with van der Waals surface area (Å²) in [6, 6.07) is 9.92. The fraction of sp³-hybridized carbons (Fsp3) is 0. The summed E-state index contributed by atoms with van der Waals surface area (Å²) >= 11 is 0. The summed E-state index contributed by atoms with van der Waals surface area (Å²) in [6.45, 7) is 0. The van der Waals surface area contributed by atoms with E-state index in [1.807, 2.05) is 30.3 Å². The molecule has 1 amide bonds. The van der Waals surface area contributed by atoms with Gasteiger partial charge in [-0.05, 0) is 23.8 Å². The van der Waals surface area contributed by atoms with Gasteiger partial charge in [0.2, 0.25) is 6.41 Å². The first-order valence-corrected chi connectivity index (χ1v) is 4.61. The first-order valence-electron chi connectivity index (χ1n) is 4.61. The number of fused-ring (bicyclic) bond motifs is 1. The van der Waals surface area contributed by atoms with Crippen LogP contribution in [0.1, 0.15) is 5.56 Å². The normalized spacial score (nSPS) is 10.7. The topological polar surface area (TPSA) is 42.0 Å². The van der Waals surface area contributed by atoms with Crippen LogP contribution in [0.2, 0.25) is 0 Å². The Morgan fingerprint density at radius 1 is 1.27 bits per heavy atom. The number of aromatic nitrogens is 1. The van der Waals surface area contributed by atoms with Gasteiger partial charge in [0, 0.05) is 17.8 Å². The van der Waals surface area contributed by atoms with Crippen molar-refractivity contribution < 1.29 is 4.79 Å². The predicted molar refractivity (Wildman–Crippen MR) is 60.0 cm³/mol. The van der Waals surface area contributed by atoms with Crippen molar-refractivity contribution in [3.05, 3.63) is 48.3 Å². The maximum atomic E-state index is 10.0. The minimum atomic E-state index is 0.630. The summed E-state index contributed by atoms with van der Waals surface area (Å²) in [4.78, 5) is 14.3. The fourth-order valence-electron chi connectivity index (χ4n) is 1.36. The second-order valence-corrected chi connectivity index (χ2v) is 3.08. The smallest absolute Gasteiger partial charge is 0.211 e. The van der Waals surface area contributed by atoms with Crippen LogP contribution in [-0.4, -0.2) is 11.4 Å². The van der Waals surface area contributed by atoms with Crippen LogP contribution >= 0.6 is 0 Å². The summed E-state index contributed by atoms with van der Waals surface area (Å²) in [6.07, 6.45) is 5.78. The third-order valence-electron chi connectivity index (χ3n) is 2.05. The molecule has 1 aromatic carbocycles. The van der Waals surface area contributed by atoms with E-state index in [9.17, 15) is 4.79 Å². The molecule has 0 saturated carbocycles. The van der Waals surface area contributed by atoms with Crippen molar-refractivity contribution in [3.63, 3.8) is 0 Å². The minimum absolute atomic E-state index is 0.630. The molecule has 0 atom stereocenters. The van der Waals surface area contributed by atoms with Gasteiger partial charge in [-0.1, -0.05) is 18.2 Å². The monoisotopic (exact) mass is 198 g/mol.